The molecule has 0 amide bonds. The number of aromatic nitrogens is 2. The van der Waals surface area contributed by atoms with E-state index in [2.05, 4.69) is 46.9 Å². The number of ether oxygens (including phenoxy) is 1. The van der Waals surface area contributed by atoms with Gasteiger partial charge in [-0.15, -0.1) is 0 Å². The van der Waals surface area contributed by atoms with Gasteiger partial charge in [-0.3, -0.25) is 0 Å². The van der Waals surface area contributed by atoms with Gasteiger partial charge in [0.1, 0.15) is 11.6 Å². The van der Waals surface area contributed by atoms with E-state index in [-0.39, 0.29) is 16.5 Å². The molecule has 2 aromatic carbocycles. The number of halogens is 4. The summed E-state index contributed by atoms with van der Waals surface area (Å²) in [6.07, 6.45) is 4.00. The molecule has 0 bridgehead atoms. The molecule has 0 spiro atoms. The number of benzene rings is 2. The lowest BCUT2D eigenvalue weighted by molar-refractivity contribution is -0.137. The maximum absolute atomic E-state index is 13.4. The monoisotopic (exact) mass is 500 g/mol. The van der Waals surface area contributed by atoms with Crippen LogP contribution in [0, 0.1) is 6.08 Å². The molecule has 1 fully saturated rings. The van der Waals surface area contributed by atoms with Gasteiger partial charge in [-0.2, -0.15) is 13.2 Å². The van der Waals surface area contributed by atoms with Crippen molar-refractivity contribution in [2.45, 2.75) is 50.7 Å². The van der Waals surface area contributed by atoms with Crippen LogP contribution in [0.3, 0.4) is 0 Å². The van der Waals surface area contributed by atoms with Gasteiger partial charge in [-0.1, -0.05) is 29.8 Å². The van der Waals surface area contributed by atoms with E-state index in [1.165, 1.54) is 6.07 Å². The molecule has 8 heteroatoms. The fraction of sp³-hybridized carbons (Fsp3) is 0.370. The van der Waals surface area contributed by atoms with Crippen LogP contribution in [-0.4, -0.2) is 28.5 Å². The van der Waals surface area contributed by atoms with Crippen molar-refractivity contribution in [3.8, 4) is 5.75 Å². The van der Waals surface area contributed by atoms with E-state index >= 15 is 0 Å². The zero-order valence-electron chi connectivity index (χ0n) is 19.8. The van der Waals surface area contributed by atoms with E-state index in [4.69, 9.17) is 16.3 Å². The van der Waals surface area contributed by atoms with Gasteiger partial charge in [0.2, 0.25) is 0 Å². The highest BCUT2D eigenvalue weighted by atomic mass is 35.5. The predicted octanol–water partition coefficient (Wildman–Crippen LogP) is 7.38. The number of likely N-dealkylation sites (tertiary alicyclic amines) is 1. The lowest BCUT2D eigenvalue weighted by atomic mass is 9.87. The van der Waals surface area contributed by atoms with Crippen molar-refractivity contribution in [3.63, 3.8) is 0 Å². The summed E-state index contributed by atoms with van der Waals surface area (Å²) in [6, 6.07) is 10.4. The normalized spacial score (nSPS) is 22.9. The van der Waals surface area contributed by atoms with Crippen molar-refractivity contribution in [3.05, 3.63) is 81.8 Å². The first kappa shape index (κ1) is 23.8. The summed E-state index contributed by atoms with van der Waals surface area (Å²) in [5, 5.41) is -0.336. The first-order valence-electron chi connectivity index (χ1n) is 11.6. The highest BCUT2D eigenvalue weighted by molar-refractivity contribution is 6.32. The Morgan fingerprint density at radius 2 is 2.06 bits per heavy atom. The molecule has 2 atom stereocenters. The summed E-state index contributed by atoms with van der Waals surface area (Å²) in [4.78, 5) is 10.2. The quantitative estimate of drug-likeness (QED) is 0.406. The minimum atomic E-state index is -4.54. The zero-order valence-corrected chi connectivity index (χ0v) is 20.5. The first-order valence-corrected chi connectivity index (χ1v) is 12.0. The molecule has 1 N–H and O–H groups in total. The molecule has 35 heavy (non-hydrogen) atoms. The highest BCUT2D eigenvalue weighted by Gasteiger charge is 2.43. The summed E-state index contributed by atoms with van der Waals surface area (Å²) < 4.78 is 45.5. The Kier molecular flexibility index (Phi) is 5.86. The van der Waals surface area contributed by atoms with Gasteiger partial charge in [-0.25, -0.2) is 4.98 Å². The lowest BCUT2D eigenvalue weighted by Gasteiger charge is -2.39. The molecule has 1 saturated heterocycles. The molecule has 1 aromatic heterocycles. The summed E-state index contributed by atoms with van der Waals surface area (Å²) in [6.45, 7) is 4.97. The van der Waals surface area contributed by atoms with Gasteiger partial charge in [-0.05, 0) is 74.6 Å². The van der Waals surface area contributed by atoms with Crippen LogP contribution in [0.4, 0.5) is 13.2 Å². The van der Waals surface area contributed by atoms with Gasteiger partial charge in [0.25, 0.3) is 0 Å². The van der Waals surface area contributed by atoms with Crippen LogP contribution >= 0.6 is 11.6 Å². The van der Waals surface area contributed by atoms with E-state index in [1.807, 2.05) is 18.2 Å². The Balaban J connectivity index is 1.53. The van der Waals surface area contributed by atoms with Crippen molar-refractivity contribution in [1.82, 2.24) is 14.9 Å². The highest BCUT2D eigenvalue weighted by Crippen LogP contribution is 2.45. The van der Waals surface area contributed by atoms with Gasteiger partial charge in [0, 0.05) is 18.2 Å². The molecule has 183 valence electrons. The Morgan fingerprint density at radius 1 is 1.26 bits per heavy atom. The number of hydrogen-bond acceptors (Lipinski definition) is 3. The fourth-order valence-electron chi connectivity index (χ4n) is 5.17. The molecule has 2 heterocycles. The summed E-state index contributed by atoms with van der Waals surface area (Å²) in [5.74, 6) is 1.52. The number of methoxy groups -OCH3 is 1. The van der Waals surface area contributed by atoms with E-state index in [1.54, 1.807) is 7.11 Å². The third kappa shape index (κ3) is 4.20. The molecule has 4 nitrogen and oxygen atoms in total. The summed E-state index contributed by atoms with van der Waals surface area (Å²) in [5.41, 5.74) is 2.64. The number of H-pyrrole nitrogens is 1. The molecule has 1 aliphatic carbocycles. The van der Waals surface area contributed by atoms with Gasteiger partial charge in [0.15, 0.2) is 0 Å². The lowest BCUT2D eigenvalue weighted by Crippen LogP contribution is -2.40. The first-order chi connectivity index (χ1) is 16.6. The topological polar surface area (TPSA) is 41.1 Å². The number of nitrogens with one attached hydrogen (secondary N) is 1. The molecule has 0 saturated carbocycles. The minimum absolute atomic E-state index is 0.0810. The van der Waals surface area contributed by atoms with Crippen LogP contribution in [0.25, 0.3) is 11.0 Å². The maximum Gasteiger partial charge on any atom is 0.417 e. The van der Waals surface area contributed by atoms with Crippen molar-refractivity contribution in [2.24, 2.45) is 0 Å². The number of aromatic amines is 1. The summed E-state index contributed by atoms with van der Waals surface area (Å²) >= 11 is 5.95. The minimum Gasteiger partial charge on any atom is -0.497 e. The standard InChI is InChI=1S/C27H26ClF3N3O/c1-16-8-9-18(17-6-4-7-19(12-17)35-3)13-24(16)34-11-5-10-26(34,2)25-32-22-14-20(27(29,30)31)21(28)15-23(22)33-25/h4,6-8,12,14-15,18H,5,9-11H2,1-3H3,(H,32,33)/t18?,26-/m0/s1. The molecule has 3 aromatic rings. The van der Waals surface area contributed by atoms with Crippen molar-refractivity contribution in [2.75, 3.05) is 13.7 Å². The molecular formula is C27H26ClF3N3O. The third-order valence-corrected chi connectivity index (χ3v) is 7.45. The number of rotatable bonds is 4. The van der Waals surface area contributed by atoms with Crippen LogP contribution in [0.1, 0.15) is 56.0 Å². The van der Waals surface area contributed by atoms with Gasteiger partial charge >= 0.3 is 6.18 Å². The third-order valence-electron chi connectivity index (χ3n) is 7.14. The summed E-state index contributed by atoms with van der Waals surface area (Å²) in [7, 11) is 1.66. The largest absolute Gasteiger partial charge is 0.497 e. The number of allylic oxidation sites excluding steroid dienone is 3. The Bertz CT molecular complexity index is 1340. The Morgan fingerprint density at radius 3 is 2.80 bits per heavy atom. The van der Waals surface area contributed by atoms with E-state index in [0.29, 0.717) is 11.3 Å². The number of alkyl halides is 3. The molecular weight excluding hydrogens is 475 g/mol. The fourth-order valence-corrected chi connectivity index (χ4v) is 5.44. The molecule has 5 rings (SSSR count). The SMILES string of the molecule is COc1cccc(C2[C]=C(N3CCC[C@@]3(C)c3nc4cc(C(F)(F)F)c(Cl)cc4[nH]3)C(C)=CC2)c1. The van der Waals surface area contributed by atoms with Crippen LogP contribution in [0.2, 0.25) is 5.02 Å². The second-order valence-corrected chi connectivity index (χ2v) is 9.81. The average molecular weight is 501 g/mol. The zero-order chi connectivity index (χ0) is 25.0. The van der Waals surface area contributed by atoms with E-state index in [0.717, 1.165) is 54.5 Å². The van der Waals surface area contributed by atoms with Crippen molar-refractivity contribution in [1.29, 1.82) is 0 Å². The number of imidazole rings is 1. The van der Waals surface area contributed by atoms with E-state index < -0.39 is 17.3 Å². The van der Waals surface area contributed by atoms with Gasteiger partial charge < -0.3 is 14.6 Å². The maximum atomic E-state index is 13.4. The Labute approximate surface area is 207 Å². The molecule has 1 radical (unpaired) electrons. The van der Waals surface area contributed by atoms with Crippen LogP contribution in [0.5, 0.6) is 5.75 Å². The number of fused-ring (bicyclic) bond motifs is 1. The second kappa shape index (κ2) is 8.63. The second-order valence-electron chi connectivity index (χ2n) is 9.41. The molecule has 1 unspecified atom stereocenters. The van der Waals surface area contributed by atoms with E-state index in [9.17, 15) is 13.2 Å². The van der Waals surface area contributed by atoms with Crippen LogP contribution in [-0.2, 0) is 11.7 Å². The average Bonchev–Trinajstić information content (AvgIpc) is 3.42. The smallest absolute Gasteiger partial charge is 0.417 e. The number of hydrogen-bond donors (Lipinski definition) is 1. The Hall–Kier alpha value is -2.93. The molecule has 2 aliphatic rings. The molecule has 1 aliphatic heterocycles. The predicted molar refractivity (Wildman–Crippen MR) is 130 cm³/mol. The number of nitrogens with zero attached hydrogens (tertiary/aromatic N) is 2. The van der Waals surface area contributed by atoms with Gasteiger partial charge in [0.05, 0.1) is 34.3 Å². The van der Waals surface area contributed by atoms with Crippen molar-refractivity contribution < 1.29 is 17.9 Å². The van der Waals surface area contributed by atoms with Crippen molar-refractivity contribution >= 4 is 22.6 Å². The van der Waals surface area contributed by atoms with Crippen LogP contribution < -0.4 is 4.74 Å². The van der Waals surface area contributed by atoms with Crippen LogP contribution in [0.15, 0.2) is 53.7 Å².